The normalized spacial score (nSPS) is 11.2. The van der Waals surface area contributed by atoms with Gasteiger partial charge in [-0.1, -0.05) is 0 Å². The van der Waals surface area contributed by atoms with Gasteiger partial charge in [-0.15, -0.1) is 20.5 Å². The average Bonchev–Trinajstić information content (AvgIpc) is 4.01. The summed E-state index contributed by atoms with van der Waals surface area (Å²) in [6.07, 6.45) is 4.19. The molecule has 0 atom stereocenters. The number of aromatic nitrogens is 10. The van der Waals surface area contributed by atoms with Crippen LogP contribution in [0.2, 0.25) is 0 Å². The van der Waals surface area contributed by atoms with E-state index >= 15 is 0 Å². The van der Waals surface area contributed by atoms with Crippen LogP contribution in [-0.2, 0) is 0 Å². The van der Waals surface area contributed by atoms with Gasteiger partial charge in [0.25, 0.3) is 11.6 Å². The van der Waals surface area contributed by atoms with E-state index in [1.54, 1.807) is 13.8 Å². The second-order valence-electron chi connectivity index (χ2n) is 12.5. The molecule has 25 heteroatoms. The highest BCUT2D eigenvalue weighted by Crippen LogP contribution is 2.36. The van der Waals surface area contributed by atoms with Crippen LogP contribution >= 0.6 is 0 Å². The first kappa shape index (κ1) is 39.5. The molecule has 0 aliphatic heterocycles. The molecule has 0 aliphatic carbocycles. The second kappa shape index (κ2) is 15.6. The lowest BCUT2D eigenvalue weighted by Crippen LogP contribution is -2.10. The lowest BCUT2D eigenvalue weighted by atomic mass is 10.1. The number of rotatable bonds is 12. The number of aryl methyl sites for hydroxylation is 2. The number of carbonyl (C=O) groups is 4. The molecule has 0 fully saturated rings. The van der Waals surface area contributed by atoms with Crippen LogP contribution in [0.15, 0.2) is 81.5 Å². The van der Waals surface area contributed by atoms with Gasteiger partial charge in [-0.3, -0.25) is 4.79 Å². The van der Waals surface area contributed by atoms with Gasteiger partial charge in [0.2, 0.25) is 0 Å². The van der Waals surface area contributed by atoms with Gasteiger partial charge < -0.3 is 26.8 Å². The largest absolute Gasteiger partial charge is 0.478 e. The average molecular weight is 821 g/mol. The number of aromatic carboxylic acids is 3. The zero-order valence-electron chi connectivity index (χ0n) is 31.1. The maximum absolute atomic E-state index is 11.7. The molecule has 61 heavy (non-hydrogen) atoms. The van der Waals surface area contributed by atoms with E-state index in [0.717, 1.165) is 38.4 Å². The molecule has 2 aromatic carbocycles. The number of nitrogen functional groups attached to an aromatic ring is 2. The van der Waals surface area contributed by atoms with E-state index in [1.165, 1.54) is 41.3 Å². The minimum absolute atomic E-state index is 0.0134. The van der Waals surface area contributed by atoms with E-state index in [2.05, 4.69) is 55.7 Å². The number of benzene rings is 2. The molecule has 0 saturated heterocycles. The second-order valence-corrected chi connectivity index (χ2v) is 12.5. The first-order chi connectivity index (χ1) is 29.2. The number of azo groups is 2. The van der Waals surface area contributed by atoms with Gasteiger partial charge in [0, 0.05) is 17.8 Å². The van der Waals surface area contributed by atoms with Crippen molar-refractivity contribution in [1.82, 2.24) is 49.1 Å². The van der Waals surface area contributed by atoms with Crippen molar-refractivity contribution in [3.8, 4) is 29.2 Å². The monoisotopic (exact) mass is 820 g/mol. The fourth-order valence-corrected chi connectivity index (χ4v) is 5.73. The van der Waals surface area contributed by atoms with Gasteiger partial charge in [0.05, 0.1) is 58.4 Å². The summed E-state index contributed by atoms with van der Waals surface area (Å²) in [5.74, 6) is -4.39. The number of carboxylic acids is 3. The Labute approximate surface area is 339 Å². The zero-order valence-corrected chi connectivity index (χ0v) is 31.1. The van der Waals surface area contributed by atoms with Crippen molar-refractivity contribution in [3.05, 3.63) is 112 Å². The Morgan fingerprint density at radius 1 is 0.770 bits per heavy atom. The van der Waals surface area contributed by atoms with Crippen LogP contribution in [-0.4, -0.2) is 88.6 Å². The van der Waals surface area contributed by atoms with Crippen LogP contribution in [0.3, 0.4) is 0 Å². The van der Waals surface area contributed by atoms with Crippen molar-refractivity contribution in [2.24, 2.45) is 20.5 Å². The van der Waals surface area contributed by atoms with Crippen molar-refractivity contribution < 1.29 is 34.5 Å². The van der Waals surface area contributed by atoms with Crippen LogP contribution in [0.4, 0.5) is 40.3 Å². The van der Waals surface area contributed by atoms with Crippen LogP contribution < -0.4 is 11.5 Å². The minimum Gasteiger partial charge on any atom is -0.478 e. The Balaban J connectivity index is 1.21. The molecule has 7 N–H and O–H groups in total. The quantitative estimate of drug-likeness (QED) is 0.0603. The number of anilines is 2. The third-order valence-corrected chi connectivity index (χ3v) is 8.58. The van der Waals surface area contributed by atoms with Crippen LogP contribution in [0.1, 0.15) is 58.4 Å². The maximum atomic E-state index is 11.7. The van der Waals surface area contributed by atoms with E-state index in [9.17, 15) is 39.8 Å². The van der Waals surface area contributed by atoms with Crippen molar-refractivity contribution in [1.29, 1.82) is 5.26 Å². The Hall–Kier alpha value is -9.78. The standard InChI is InChI=1S/C36H24N18O7/c1-16-27(45-47-31-22(12-37)13-42-51(31)23-7-18(15-55)6-19(9-23)33(56)57)29(38)53(49-16)26-4-5-41-36(44-26)54-30(39)28(17(2)50-54)46-48-32-25(40-3)14-43-52(32)24-10-20(34(58)59)8-21(11-24)35(60)61/h4-11,13-15H,38-39H2,1-2H3,(H,56,57)(H,58,59)(H,60,61). The topological polar surface area (TPSA) is 356 Å². The molecule has 7 aromatic rings. The zero-order chi connectivity index (χ0) is 43.7. The molecule has 0 bridgehead atoms. The highest BCUT2D eigenvalue weighted by molar-refractivity contribution is 5.95. The molecule has 7 rings (SSSR count). The van der Waals surface area contributed by atoms with Crippen molar-refractivity contribution >= 4 is 64.5 Å². The van der Waals surface area contributed by atoms with E-state index in [1.807, 2.05) is 6.07 Å². The number of hydrogen-bond acceptors (Lipinski definition) is 17. The van der Waals surface area contributed by atoms with Gasteiger partial charge >= 0.3 is 17.9 Å². The maximum Gasteiger partial charge on any atom is 0.335 e. The van der Waals surface area contributed by atoms with E-state index < -0.39 is 17.9 Å². The summed E-state index contributed by atoms with van der Waals surface area (Å²) in [7, 11) is 0. The summed E-state index contributed by atoms with van der Waals surface area (Å²) in [6, 6.07) is 10.5. The van der Waals surface area contributed by atoms with Gasteiger partial charge in [0.15, 0.2) is 40.5 Å². The molecule has 0 aliphatic rings. The van der Waals surface area contributed by atoms with E-state index in [0.29, 0.717) is 6.29 Å². The summed E-state index contributed by atoms with van der Waals surface area (Å²) in [4.78, 5) is 58.8. The van der Waals surface area contributed by atoms with Crippen molar-refractivity contribution in [3.63, 3.8) is 0 Å². The summed E-state index contributed by atoms with van der Waals surface area (Å²) in [5.41, 5.74) is 12.7. The first-order valence-electron chi connectivity index (χ1n) is 17.0. The summed E-state index contributed by atoms with van der Waals surface area (Å²) in [5, 5.41) is 72.3. The Morgan fingerprint density at radius 2 is 1.31 bits per heavy atom. The molecule has 0 spiro atoms. The fourth-order valence-electron chi connectivity index (χ4n) is 5.73. The fraction of sp³-hybridized carbons (Fsp3) is 0.0556. The SMILES string of the molecule is [C-]#[N+]c1cnn(-c2cc(C(=O)O)cc(C(=O)O)c2)c1N=Nc1c(C)nn(-c2nccc(-n3nc(C)c(N=Nc4c(C#N)cnn4-c4cc(C=O)cc(C(=O)O)c4)c3N)n2)c1N. The smallest absolute Gasteiger partial charge is 0.335 e. The van der Waals surface area contributed by atoms with Crippen molar-refractivity contribution in [2.75, 3.05) is 11.5 Å². The summed E-state index contributed by atoms with van der Waals surface area (Å²) < 4.78 is 4.60. The van der Waals surface area contributed by atoms with Gasteiger partial charge in [0.1, 0.15) is 17.9 Å². The Bertz CT molecular complexity index is 3110. The molecule has 0 unspecified atom stereocenters. The van der Waals surface area contributed by atoms with E-state index in [-0.39, 0.29) is 103 Å². The number of nitrogens with two attached hydrogens (primary N) is 2. The predicted molar refractivity (Wildman–Crippen MR) is 207 cm³/mol. The van der Waals surface area contributed by atoms with Crippen molar-refractivity contribution in [2.45, 2.75) is 13.8 Å². The molecule has 0 amide bonds. The Morgan fingerprint density at radius 3 is 1.90 bits per heavy atom. The van der Waals surface area contributed by atoms with Gasteiger partial charge in [-0.25, -0.2) is 33.6 Å². The molecule has 0 radical (unpaired) electrons. The molecular formula is C36H24N18O7. The number of nitrogens with zero attached hydrogens (tertiary/aromatic N) is 16. The number of nitriles is 1. The lowest BCUT2D eigenvalue weighted by Gasteiger charge is -2.08. The van der Waals surface area contributed by atoms with Crippen LogP contribution in [0.5, 0.6) is 0 Å². The summed E-state index contributed by atoms with van der Waals surface area (Å²) >= 11 is 0. The van der Waals surface area contributed by atoms with Gasteiger partial charge in [-0.2, -0.15) is 40.0 Å². The number of aldehydes is 1. The highest BCUT2D eigenvalue weighted by Gasteiger charge is 2.22. The van der Waals surface area contributed by atoms with Crippen LogP contribution in [0, 0.1) is 31.8 Å². The number of carboxylic acid groups (broad SMARTS) is 3. The third kappa shape index (κ3) is 7.33. The number of hydrogen-bond donors (Lipinski definition) is 5. The highest BCUT2D eigenvalue weighted by atomic mass is 16.4. The lowest BCUT2D eigenvalue weighted by molar-refractivity contribution is 0.0682. The molecular weight excluding hydrogens is 797 g/mol. The third-order valence-electron chi connectivity index (χ3n) is 8.58. The van der Waals surface area contributed by atoms with E-state index in [4.69, 9.17) is 18.0 Å². The summed E-state index contributed by atoms with van der Waals surface area (Å²) in [6.45, 7) is 10.7. The molecule has 300 valence electrons. The Kier molecular flexibility index (Phi) is 10.1. The van der Waals surface area contributed by atoms with Gasteiger partial charge in [-0.05, 0) is 50.2 Å². The molecule has 25 nitrogen and oxygen atoms in total. The molecule has 0 saturated carbocycles. The number of carbonyl (C=O) groups excluding carboxylic acids is 1. The molecule has 5 aromatic heterocycles. The minimum atomic E-state index is -1.39. The van der Waals surface area contributed by atoms with Crippen LogP contribution in [0.25, 0.3) is 28.0 Å². The first-order valence-corrected chi connectivity index (χ1v) is 17.0. The predicted octanol–water partition coefficient (Wildman–Crippen LogP) is 5.16. The molecule has 5 heterocycles.